The normalized spacial score (nSPS) is 27.5. The van der Waals surface area contributed by atoms with E-state index in [4.69, 9.17) is 5.26 Å². The van der Waals surface area contributed by atoms with Crippen LogP contribution in [0.25, 0.3) is 0 Å². The molecule has 1 rings (SSSR count). The molecule has 1 fully saturated rings. The first-order chi connectivity index (χ1) is 4.44. The third-order valence-electron chi connectivity index (χ3n) is 3.62. The number of hydrogen-bond acceptors (Lipinski definition) is 1. The summed E-state index contributed by atoms with van der Waals surface area (Å²) in [6.07, 6.45) is 0.722. The molecule has 0 saturated heterocycles. The highest BCUT2D eigenvalue weighted by molar-refractivity contribution is 5.14. The zero-order chi connectivity index (χ0) is 7.99. The third-order valence-corrected chi connectivity index (χ3v) is 3.62. The lowest BCUT2D eigenvalue weighted by Gasteiger charge is -2.04. The molecule has 1 aliphatic rings. The molecule has 1 heteroatoms. The first-order valence-corrected chi connectivity index (χ1v) is 3.81. The van der Waals surface area contributed by atoms with Gasteiger partial charge in [-0.15, -0.1) is 0 Å². The molecular weight excluding hydrogens is 122 g/mol. The van der Waals surface area contributed by atoms with Crippen molar-refractivity contribution in [2.24, 2.45) is 16.7 Å². The van der Waals surface area contributed by atoms with E-state index in [-0.39, 0.29) is 0 Å². The highest BCUT2D eigenvalue weighted by atomic mass is 14.7. The van der Waals surface area contributed by atoms with Gasteiger partial charge in [0.05, 0.1) is 6.07 Å². The summed E-state index contributed by atoms with van der Waals surface area (Å²) in [7, 11) is 0. The quantitative estimate of drug-likeness (QED) is 0.545. The predicted octanol–water partition coefficient (Wildman–Crippen LogP) is 2.58. The van der Waals surface area contributed by atoms with Crippen LogP contribution in [0.2, 0.25) is 0 Å². The molecule has 0 amide bonds. The van der Waals surface area contributed by atoms with Gasteiger partial charge in [0.15, 0.2) is 0 Å². The van der Waals surface area contributed by atoms with Gasteiger partial charge in [-0.3, -0.25) is 0 Å². The Bertz CT molecular complexity index is 169. The summed E-state index contributed by atoms with van der Waals surface area (Å²) in [5.74, 6) is 0.616. The molecule has 0 heterocycles. The summed E-state index contributed by atoms with van der Waals surface area (Å²) in [5, 5.41) is 8.49. The predicted molar refractivity (Wildman–Crippen MR) is 41.3 cm³/mol. The number of nitriles is 1. The first kappa shape index (κ1) is 7.60. The van der Waals surface area contributed by atoms with Crippen molar-refractivity contribution in [3.8, 4) is 6.07 Å². The molecule has 56 valence electrons. The van der Waals surface area contributed by atoms with Crippen molar-refractivity contribution < 1.29 is 0 Å². The first-order valence-electron chi connectivity index (χ1n) is 3.81. The van der Waals surface area contributed by atoms with E-state index in [2.05, 4.69) is 33.8 Å². The maximum absolute atomic E-state index is 8.49. The Morgan fingerprint density at radius 3 is 1.70 bits per heavy atom. The summed E-state index contributed by atoms with van der Waals surface area (Å²) in [5.41, 5.74) is 0.783. The monoisotopic (exact) mass is 137 g/mol. The van der Waals surface area contributed by atoms with Crippen molar-refractivity contribution in [2.45, 2.75) is 34.1 Å². The zero-order valence-electron chi connectivity index (χ0n) is 7.23. The van der Waals surface area contributed by atoms with Gasteiger partial charge in [-0.1, -0.05) is 27.7 Å². The Labute approximate surface area is 63.0 Å². The van der Waals surface area contributed by atoms with Gasteiger partial charge in [-0.25, -0.2) is 0 Å². The van der Waals surface area contributed by atoms with Crippen LogP contribution in [0.1, 0.15) is 34.1 Å². The molecule has 0 bridgehead atoms. The lowest BCUT2D eigenvalue weighted by Crippen LogP contribution is -1.95. The molecule has 0 atom stereocenters. The van der Waals surface area contributed by atoms with Crippen molar-refractivity contribution in [3.63, 3.8) is 0 Å². The molecule has 1 saturated carbocycles. The van der Waals surface area contributed by atoms with E-state index >= 15 is 0 Å². The van der Waals surface area contributed by atoms with Crippen LogP contribution in [0.4, 0.5) is 0 Å². The Morgan fingerprint density at radius 1 is 1.20 bits per heavy atom. The smallest absolute Gasteiger partial charge is 0.0625 e. The summed E-state index contributed by atoms with van der Waals surface area (Å²) in [6.45, 7) is 8.98. The molecular formula is C9H15N. The highest BCUT2D eigenvalue weighted by Crippen LogP contribution is 2.69. The average molecular weight is 137 g/mol. The van der Waals surface area contributed by atoms with Gasteiger partial charge < -0.3 is 0 Å². The van der Waals surface area contributed by atoms with E-state index in [0.29, 0.717) is 16.7 Å². The molecule has 0 N–H and O–H groups in total. The summed E-state index contributed by atoms with van der Waals surface area (Å²) in [6, 6.07) is 2.24. The van der Waals surface area contributed by atoms with Gasteiger partial charge in [0, 0.05) is 6.42 Å². The summed E-state index contributed by atoms with van der Waals surface area (Å²) in [4.78, 5) is 0. The molecule has 0 aromatic heterocycles. The van der Waals surface area contributed by atoms with Crippen LogP contribution in [0.5, 0.6) is 0 Å². The molecule has 0 aromatic carbocycles. The number of hydrogen-bond donors (Lipinski definition) is 0. The lowest BCUT2D eigenvalue weighted by atomic mass is 10.0. The second-order valence-corrected chi connectivity index (χ2v) is 4.36. The van der Waals surface area contributed by atoms with E-state index < -0.39 is 0 Å². The van der Waals surface area contributed by atoms with Gasteiger partial charge >= 0.3 is 0 Å². The van der Waals surface area contributed by atoms with Crippen molar-refractivity contribution in [1.29, 1.82) is 5.26 Å². The van der Waals surface area contributed by atoms with Crippen molar-refractivity contribution >= 4 is 0 Å². The minimum absolute atomic E-state index is 0.392. The Morgan fingerprint density at radius 2 is 1.60 bits per heavy atom. The average Bonchev–Trinajstić information content (AvgIpc) is 2.13. The van der Waals surface area contributed by atoms with E-state index in [1.807, 2.05) is 0 Å². The fourth-order valence-corrected chi connectivity index (χ4v) is 1.93. The minimum Gasteiger partial charge on any atom is -0.198 e. The largest absolute Gasteiger partial charge is 0.198 e. The second-order valence-electron chi connectivity index (χ2n) is 4.36. The Balaban J connectivity index is 2.65. The van der Waals surface area contributed by atoms with Crippen molar-refractivity contribution in [2.75, 3.05) is 0 Å². The molecule has 0 unspecified atom stereocenters. The fraction of sp³-hybridized carbons (Fsp3) is 0.889. The van der Waals surface area contributed by atoms with Crippen LogP contribution in [0, 0.1) is 28.1 Å². The van der Waals surface area contributed by atoms with Gasteiger partial charge in [0.25, 0.3) is 0 Å². The van der Waals surface area contributed by atoms with E-state index in [1.165, 1.54) is 0 Å². The standard InChI is InChI=1S/C9H15N/c1-8(2)7(5-6-10)9(8,3)4/h7H,5H2,1-4H3. The van der Waals surface area contributed by atoms with Crippen LogP contribution >= 0.6 is 0 Å². The summed E-state index contributed by atoms with van der Waals surface area (Å²) < 4.78 is 0. The molecule has 0 spiro atoms. The molecule has 10 heavy (non-hydrogen) atoms. The highest BCUT2D eigenvalue weighted by Gasteiger charge is 2.63. The maximum atomic E-state index is 8.49. The number of rotatable bonds is 1. The minimum atomic E-state index is 0.392. The van der Waals surface area contributed by atoms with Crippen LogP contribution < -0.4 is 0 Å². The van der Waals surface area contributed by atoms with Gasteiger partial charge in [0.1, 0.15) is 0 Å². The van der Waals surface area contributed by atoms with Gasteiger partial charge in [0.2, 0.25) is 0 Å². The number of nitrogens with zero attached hydrogens (tertiary/aromatic N) is 1. The molecule has 0 aromatic rings. The third kappa shape index (κ3) is 0.683. The lowest BCUT2D eigenvalue weighted by molar-refractivity contribution is 0.457. The topological polar surface area (TPSA) is 23.8 Å². The molecule has 0 radical (unpaired) electrons. The van der Waals surface area contributed by atoms with Crippen LogP contribution in [0.3, 0.4) is 0 Å². The Hall–Kier alpha value is -0.510. The fourth-order valence-electron chi connectivity index (χ4n) is 1.93. The molecule has 1 nitrogen and oxygen atoms in total. The maximum Gasteiger partial charge on any atom is 0.0625 e. The van der Waals surface area contributed by atoms with E-state index in [9.17, 15) is 0 Å². The molecule has 0 aliphatic heterocycles. The van der Waals surface area contributed by atoms with Gasteiger partial charge in [-0.05, 0) is 16.7 Å². The van der Waals surface area contributed by atoms with E-state index in [0.717, 1.165) is 6.42 Å². The Kier molecular flexibility index (Phi) is 1.33. The van der Waals surface area contributed by atoms with Crippen LogP contribution in [0.15, 0.2) is 0 Å². The zero-order valence-corrected chi connectivity index (χ0v) is 7.23. The van der Waals surface area contributed by atoms with E-state index in [1.54, 1.807) is 0 Å². The SMILES string of the molecule is CC1(C)C(CC#N)C1(C)C. The second kappa shape index (κ2) is 1.75. The molecule has 1 aliphatic carbocycles. The van der Waals surface area contributed by atoms with Crippen molar-refractivity contribution in [3.05, 3.63) is 0 Å². The summed E-state index contributed by atoms with van der Waals surface area (Å²) >= 11 is 0. The van der Waals surface area contributed by atoms with Gasteiger partial charge in [-0.2, -0.15) is 5.26 Å². The van der Waals surface area contributed by atoms with Crippen molar-refractivity contribution in [1.82, 2.24) is 0 Å². The van der Waals surface area contributed by atoms with Crippen LogP contribution in [-0.4, -0.2) is 0 Å². The van der Waals surface area contributed by atoms with Crippen LogP contribution in [-0.2, 0) is 0 Å².